The van der Waals surface area contributed by atoms with E-state index in [9.17, 15) is 4.79 Å². The number of benzene rings is 2. The molecule has 0 radical (unpaired) electrons. The van der Waals surface area contributed by atoms with Crippen LogP contribution in [0.15, 0.2) is 41.4 Å². The number of aryl methyl sites for hydroxylation is 1. The second-order valence-electron chi connectivity index (χ2n) is 9.02. The molecule has 1 N–H and O–H groups in total. The number of aliphatic imine (C=N–C) groups is 1. The molecule has 31 heavy (non-hydrogen) atoms. The van der Waals surface area contributed by atoms with Crippen molar-refractivity contribution in [3.8, 4) is 17.2 Å². The molecule has 2 heterocycles. The third-order valence-electron chi connectivity index (χ3n) is 5.34. The second-order valence-corrected chi connectivity index (χ2v) is 9.02. The monoisotopic (exact) mass is 422 g/mol. The van der Waals surface area contributed by atoms with Crippen molar-refractivity contribution in [2.75, 3.05) is 33.3 Å². The van der Waals surface area contributed by atoms with Crippen LogP contribution < -0.4 is 14.8 Å². The van der Waals surface area contributed by atoms with E-state index in [1.807, 2.05) is 69.0 Å². The Morgan fingerprint density at radius 2 is 1.81 bits per heavy atom. The molecule has 4 rings (SSSR count). The molecule has 0 unspecified atom stereocenters. The quantitative estimate of drug-likeness (QED) is 0.744. The fourth-order valence-corrected chi connectivity index (χ4v) is 3.75. The van der Waals surface area contributed by atoms with Crippen LogP contribution in [0.4, 0.5) is 10.5 Å². The number of hydrogen-bond donors (Lipinski definition) is 1. The van der Waals surface area contributed by atoms with Gasteiger partial charge in [0.1, 0.15) is 23.0 Å². The van der Waals surface area contributed by atoms with Crippen molar-refractivity contribution in [1.82, 2.24) is 15.1 Å². The van der Waals surface area contributed by atoms with Crippen LogP contribution in [0.1, 0.15) is 31.9 Å². The summed E-state index contributed by atoms with van der Waals surface area (Å²) in [6, 6.07) is 11.8. The normalized spacial score (nSPS) is 15.8. The van der Waals surface area contributed by atoms with Gasteiger partial charge in [0.25, 0.3) is 0 Å². The summed E-state index contributed by atoms with van der Waals surface area (Å²) in [6.45, 7) is 10.7. The number of nitrogens with zero attached hydrogens (tertiary/aromatic N) is 3. The van der Waals surface area contributed by atoms with E-state index in [1.54, 1.807) is 7.11 Å². The maximum absolute atomic E-state index is 12.5. The van der Waals surface area contributed by atoms with Crippen LogP contribution in [0.25, 0.3) is 0 Å². The van der Waals surface area contributed by atoms with Gasteiger partial charge < -0.3 is 24.6 Å². The fourth-order valence-electron chi connectivity index (χ4n) is 3.75. The summed E-state index contributed by atoms with van der Waals surface area (Å²) in [7, 11) is 1.65. The molecule has 0 aromatic heterocycles. The van der Waals surface area contributed by atoms with Gasteiger partial charge in [-0.1, -0.05) is 6.07 Å². The first-order valence-electron chi connectivity index (χ1n) is 10.6. The molecule has 164 valence electrons. The van der Waals surface area contributed by atoms with Crippen molar-refractivity contribution in [1.29, 1.82) is 0 Å². The minimum Gasteiger partial charge on any atom is -0.497 e. The van der Waals surface area contributed by atoms with Crippen LogP contribution in [0.5, 0.6) is 17.2 Å². The van der Waals surface area contributed by atoms with Crippen molar-refractivity contribution in [3.63, 3.8) is 0 Å². The van der Waals surface area contributed by atoms with Crippen LogP contribution in [0, 0.1) is 6.92 Å². The lowest BCUT2D eigenvalue weighted by molar-refractivity contribution is 0.162. The summed E-state index contributed by atoms with van der Waals surface area (Å²) in [4.78, 5) is 21.6. The zero-order valence-corrected chi connectivity index (χ0v) is 18.9. The number of nitrogens with one attached hydrogen (secondary N) is 1. The Morgan fingerprint density at radius 1 is 1.06 bits per heavy atom. The van der Waals surface area contributed by atoms with Crippen LogP contribution in [-0.4, -0.2) is 60.5 Å². The summed E-state index contributed by atoms with van der Waals surface area (Å²) in [5.41, 5.74) is 2.57. The molecule has 0 atom stereocenters. The van der Waals surface area contributed by atoms with Gasteiger partial charge >= 0.3 is 6.03 Å². The minimum atomic E-state index is -0.253. The molecule has 2 amide bonds. The molecule has 1 fully saturated rings. The van der Waals surface area contributed by atoms with E-state index in [0.717, 1.165) is 39.9 Å². The number of fused-ring (bicyclic) bond motifs is 2. The van der Waals surface area contributed by atoms with Crippen LogP contribution >= 0.6 is 0 Å². The van der Waals surface area contributed by atoms with Gasteiger partial charge in [-0.25, -0.2) is 9.79 Å². The molecule has 2 aromatic carbocycles. The number of urea groups is 1. The second kappa shape index (κ2) is 8.13. The minimum absolute atomic E-state index is 0.0238. The van der Waals surface area contributed by atoms with E-state index >= 15 is 0 Å². The maximum Gasteiger partial charge on any atom is 0.317 e. The molecule has 2 aliphatic heterocycles. The molecule has 7 heteroatoms. The number of ether oxygens (including phenoxy) is 2. The predicted octanol–water partition coefficient (Wildman–Crippen LogP) is 4.31. The zero-order valence-electron chi connectivity index (χ0n) is 18.9. The van der Waals surface area contributed by atoms with Gasteiger partial charge in [-0.2, -0.15) is 0 Å². The Balaban J connectivity index is 1.63. The van der Waals surface area contributed by atoms with E-state index in [2.05, 4.69) is 10.2 Å². The van der Waals surface area contributed by atoms with Crippen LogP contribution in [0.3, 0.4) is 0 Å². The highest BCUT2D eigenvalue weighted by Gasteiger charge is 2.29. The zero-order chi connectivity index (χ0) is 22.2. The van der Waals surface area contributed by atoms with E-state index < -0.39 is 0 Å². The van der Waals surface area contributed by atoms with Crippen molar-refractivity contribution in [2.45, 2.75) is 33.2 Å². The molecule has 7 nitrogen and oxygen atoms in total. The Hall–Kier alpha value is -3.22. The van der Waals surface area contributed by atoms with Gasteiger partial charge in [0.05, 0.1) is 12.7 Å². The number of amides is 2. The molecule has 0 saturated carbocycles. The number of methoxy groups -OCH3 is 1. The molecule has 2 aliphatic rings. The SMILES string of the molecule is COc1ccc2c(c1)Oc1cc(C)ccc1N=C2N1CCN(C(=O)NC(C)(C)C)CC1. The Kier molecular flexibility index (Phi) is 5.52. The summed E-state index contributed by atoms with van der Waals surface area (Å²) in [5, 5.41) is 3.04. The maximum atomic E-state index is 12.5. The topological polar surface area (TPSA) is 66.4 Å². The van der Waals surface area contributed by atoms with Crippen molar-refractivity contribution in [2.24, 2.45) is 4.99 Å². The molecule has 0 aliphatic carbocycles. The lowest BCUT2D eigenvalue weighted by Crippen LogP contribution is -2.56. The van der Waals surface area contributed by atoms with Crippen molar-refractivity contribution < 1.29 is 14.3 Å². The van der Waals surface area contributed by atoms with Gasteiger partial charge in [-0.3, -0.25) is 0 Å². The van der Waals surface area contributed by atoms with Gasteiger partial charge in [-0.15, -0.1) is 0 Å². The highest BCUT2D eigenvalue weighted by atomic mass is 16.5. The molecular formula is C24H30N4O3. The van der Waals surface area contributed by atoms with Gasteiger partial charge in [0.2, 0.25) is 0 Å². The standard InChI is InChI=1S/C24H30N4O3/c1-16-6-9-19-21(14-16)31-20-15-17(30-5)7-8-18(20)22(25-19)27-10-12-28(13-11-27)23(29)26-24(2,3)4/h6-9,14-15H,10-13H2,1-5H3,(H,26,29). The van der Waals surface area contributed by atoms with Crippen molar-refractivity contribution >= 4 is 17.6 Å². The van der Waals surface area contributed by atoms with Crippen molar-refractivity contribution in [3.05, 3.63) is 47.5 Å². The van der Waals surface area contributed by atoms with E-state index in [1.165, 1.54) is 0 Å². The van der Waals surface area contributed by atoms with Crippen LogP contribution in [0.2, 0.25) is 0 Å². The first-order chi connectivity index (χ1) is 14.7. The third kappa shape index (κ3) is 4.60. The summed E-state index contributed by atoms with van der Waals surface area (Å²) in [5.74, 6) is 3.04. The summed E-state index contributed by atoms with van der Waals surface area (Å²) >= 11 is 0. The number of amidine groups is 1. The fraction of sp³-hybridized carbons (Fsp3) is 0.417. The Bertz CT molecular complexity index is 1020. The molecule has 0 spiro atoms. The predicted molar refractivity (Wildman–Crippen MR) is 122 cm³/mol. The number of piperazine rings is 1. The van der Waals surface area contributed by atoms with Gasteiger partial charge in [0.15, 0.2) is 5.75 Å². The highest BCUT2D eigenvalue weighted by molar-refractivity contribution is 6.04. The smallest absolute Gasteiger partial charge is 0.317 e. The lowest BCUT2D eigenvalue weighted by atomic mass is 10.1. The molecule has 1 saturated heterocycles. The molecule has 0 bridgehead atoms. The molecular weight excluding hydrogens is 392 g/mol. The Labute approximate surface area is 183 Å². The largest absolute Gasteiger partial charge is 0.497 e. The summed E-state index contributed by atoms with van der Waals surface area (Å²) < 4.78 is 11.7. The average Bonchev–Trinajstić information content (AvgIpc) is 2.88. The van der Waals surface area contributed by atoms with Crippen LogP contribution in [-0.2, 0) is 0 Å². The number of carbonyl (C=O) groups is 1. The molecule has 2 aromatic rings. The average molecular weight is 423 g/mol. The van der Waals surface area contributed by atoms with Gasteiger partial charge in [0, 0.05) is 37.8 Å². The van der Waals surface area contributed by atoms with Gasteiger partial charge in [-0.05, 0) is 57.5 Å². The first-order valence-corrected chi connectivity index (χ1v) is 10.6. The van der Waals surface area contributed by atoms with E-state index in [-0.39, 0.29) is 11.6 Å². The van der Waals surface area contributed by atoms with E-state index in [0.29, 0.717) is 26.2 Å². The summed E-state index contributed by atoms with van der Waals surface area (Å²) in [6.07, 6.45) is 0. The third-order valence-corrected chi connectivity index (χ3v) is 5.34. The highest BCUT2D eigenvalue weighted by Crippen LogP contribution is 2.40. The lowest BCUT2D eigenvalue weighted by Gasteiger charge is -2.37. The number of rotatable bonds is 1. The number of hydrogen-bond acceptors (Lipinski definition) is 5. The van der Waals surface area contributed by atoms with E-state index in [4.69, 9.17) is 14.5 Å². The Morgan fingerprint density at radius 3 is 2.48 bits per heavy atom. The number of carbonyl (C=O) groups excluding carboxylic acids is 1. The first kappa shape index (κ1) is 21.0.